The SMILES string of the molecule is COc1ccc(OC)c(C(=O)N2CCN(c3nc4c(C(C)C)cccc4s3)CC2)c1. The van der Waals surface area contributed by atoms with E-state index in [1.807, 2.05) is 4.90 Å². The van der Waals surface area contributed by atoms with Crippen molar-refractivity contribution in [2.45, 2.75) is 19.8 Å². The Hall–Kier alpha value is -2.80. The summed E-state index contributed by atoms with van der Waals surface area (Å²) in [4.78, 5) is 22.2. The highest BCUT2D eigenvalue weighted by Gasteiger charge is 2.26. The fourth-order valence-electron chi connectivity index (χ4n) is 3.81. The second kappa shape index (κ2) is 8.52. The van der Waals surface area contributed by atoms with Crippen LogP contribution in [-0.4, -0.2) is 56.2 Å². The van der Waals surface area contributed by atoms with E-state index in [-0.39, 0.29) is 5.91 Å². The first kappa shape index (κ1) is 20.5. The van der Waals surface area contributed by atoms with E-state index in [1.165, 1.54) is 10.3 Å². The molecule has 4 rings (SSSR count). The summed E-state index contributed by atoms with van der Waals surface area (Å²) in [6, 6.07) is 11.7. The molecule has 2 heterocycles. The van der Waals surface area contributed by atoms with E-state index in [0.29, 0.717) is 36.1 Å². The molecule has 158 valence electrons. The summed E-state index contributed by atoms with van der Waals surface area (Å²) in [5.41, 5.74) is 2.92. The Morgan fingerprint density at radius 1 is 1.07 bits per heavy atom. The highest BCUT2D eigenvalue weighted by atomic mass is 32.1. The quantitative estimate of drug-likeness (QED) is 0.606. The van der Waals surface area contributed by atoms with Gasteiger partial charge in [-0.1, -0.05) is 37.3 Å². The second-order valence-corrected chi connectivity index (χ2v) is 8.70. The van der Waals surface area contributed by atoms with E-state index in [1.54, 1.807) is 43.8 Å². The lowest BCUT2D eigenvalue weighted by molar-refractivity contribution is 0.0743. The van der Waals surface area contributed by atoms with Crippen LogP contribution in [0.25, 0.3) is 10.2 Å². The fourth-order valence-corrected chi connectivity index (χ4v) is 4.86. The number of carbonyl (C=O) groups is 1. The molecular weight excluding hydrogens is 398 g/mol. The Kier molecular flexibility index (Phi) is 5.81. The van der Waals surface area contributed by atoms with Gasteiger partial charge in [0.05, 0.1) is 30.0 Å². The predicted molar refractivity (Wildman–Crippen MR) is 121 cm³/mol. The summed E-state index contributed by atoms with van der Waals surface area (Å²) in [5.74, 6) is 1.62. The van der Waals surface area contributed by atoms with Crippen LogP contribution in [0.15, 0.2) is 36.4 Å². The summed E-state index contributed by atoms with van der Waals surface area (Å²) in [6.07, 6.45) is 0. The number of fused-ring (bicyclic) bond motifs is 1. The summed E-state index contributed by atoms with van der Waals surface area (Å²) in [7, 11) is 3.17. The van der Waals surface area contributed by atoms with E-state index in [4.69, 9.17) is 14.5 Å². The van der Waals surface area contributed by atoms with Crippen LogP contribution in [0.1, 0.15) is 35.7 Å². The van der Waals surface area contributed by atoms with Crippen LogP contribution >= 0.6 is 11.3 Å². The number of nitrogens with zero attached hydrogens (tertiary/aromatic N) is 3. The molecule has 0 aliphatic carbocycles. The molecule has 0 unspecified atom stereocenters. The standard InChI is InChI=1S/C23H27N3O3S/c1-15(2)17-6-5-7-20-21(17)24-23(30-20)26-12-10-25(11-13-26)22(27)18-14-16(28-3)8-9-19(18)29-4/h5-9,14-15H,10-13H2,1-4H3. The summed E-state index contributed by atoms with van der Waals surface area (Å²) in [5, 5.41) is 1.03. The number of rotatable bonds is 5. The molecule has 30 heavy (non-hydrogen) atoms. The van der Waals surface area contributed by atoms with E-state index in [9.17, 15) is 4.79 Å². The van der Waals surface area contributed by atoms with Crippen LogP contribution in [0.2, 0.25) is 0 Å². The highest BCUT2D eigenvalue weighted by molar-refractivity contribution is 7.22. The third-order valence-corrected chi connectivity index (χ3v) is 6.62. The zero-order valence-electron chi connectivity index (χ0n) is 17.8. The molecule has 1 fully saturated rings. The summed E-state index contributed by atoms with van der Waals surface area (Å²) in [6.45, 7) is 7.21. The Morgan fingerprint density at radius 3 is 2.50 bits per heavy atom. The van der Waals surface area contributed by atoms with Gasteiger partial charge in [0.15, 0.2) is 5.13 Å². The van der Waals surface area contributed by atoms with Gasteiger partial charge in [-0.05, 0) is 35.7 Å². The minimum absolute atomic E-state index is 0.0307. The first-order valence-electron chi connectivity index (χ1n) is 10.2. The van der Waals surface area contributed by atoms with Gasteiger partial charge in [0.2, 0.25) is 0 Å². The van der Waals surface area contributed by atoms with Crippen molar-refractivity contribution in [1.29, 1.82) is 0 Å². The smallest absolute Gasteiger partial charge is 0.257 e. The number of methoxy groups -OCH3 is 2. The third-order valence-electron chi connectivity index (χ3n) is 5.54. The van der Waals surface area contributed by atoms with Crippen molar-refractivity contribution in [3.63, 3.8) is 0 Å². The third kappa shape index (κ3) is 3.81. The van der Waals surface area contributed by atoms with Crippen LogP contribution in [0.4, 0.5) is 5.13 Å². The van der Waals surface area contributed by atoms with E-state index in [2.05, 4.69) is 36.9 Å². The van der Waals surface area contributed by atoms with Crippen molar-refractivity contribution in [2.75, 3.05) is 45.3 Å². The maximum absolute atomic E-state index is 13.1. The lowest BCUT2D eigenvalue weighted by atomic mass is 10.0. The Bertz CT molecular complexity index is 1060. The molecule has 1 aliphatic heterocycles. The number of hydrogen-bond acceptors (Lipinski definition) is 6. The van der Waals surface area contributed by atoms with Crippen molar-refractivity contribution in [3.8, 4) is 11.5 Å². The number of para-hydroxylation sites is 1. The number of benzene rings is 2. The minimum atomic E-state index is -0.0307. The molecule has 1 amide bonds. The summed E-state index contributed by atoms with van der Waals surface area (Å²) < 4.78 is 11.9. The average Bonchev–Trinajstić information content (AvgIpc) is 3.22. The number of anilines is 1. The molecule has 0 bridgehead atoms. The minimum Gasteiger partial charge on any atom is -0.497 e. The molecule has 0 N–H and O–H groups in total. The van der Waals surface area contributed by atoms with Crippen LogP contribution in [0, 0.1) is 0 Å². The van der Waals surface area contributed by atoms with Crippen LogP contribution in [0.5, 0.6) is 11.5 Å². The normalized spacial score (nSPS) is 14.4. The number of hydrogen-bond donors (Lipinski definition) is 0. The van der Waals surface area contributed by atoms with Gasteiger partial charge >= 0.3 is 0 Å². The van der Waals surface area contributed by atoms with Crippen LogP contribution in [0.3, 0.4) is 0 Å². The maximum Gasteiger partial charge on any atom is 0.257 e. The molecule has 3 aromatic rings. The number of thiazole rings is 1. The molecule has 1 aliphatic rings. The number of aromatic nitrogens is 1. The lowest BCUT2D eigenvalue weighted by Crippen LogP contribution is -2.48. The molecule has 0 saturated carbocycles. The van der Waals surface area contributed by atoms with Gasteiger partial charge in [-0.2, -0.15) is 0 Å². The molecule has 0 spiro atoms. The fraction of sp³-hybridized carbons (Fsp3) is 0.391. The van der Waals surface area contributed by atoms with Gasteiger partial charge in [-0.15, -0.1) is 0 Å². The van der Waals surface area contributed by atoms with Gasteiger partial charge in [0.25, 0.3) is 5.91 Å². The van der Waals surface area contributed by atoms with E-state index >= 15 is 0 Å². The Balaban J connectivity index is 1.50. The zero-order valence-corrected chi connectivity index (χ0v) is 18.7. The first-order valence-corrected chi connectivity index (χ1v) is 11.0. The van der Waals surface area contributed by atoms with Gasteiger partial charge in [0, 0.05) is 26.2 Å². The number of carbonyl (C=O) groups excluding carboxylic acids is 1. The topological polar surface area (TPSA) is 54.9 Å². The van der Waals surface area contributed by atoms with E-state index < -0.39 is 0 Å². The Morgan fingerprint density at radius 2 is 1.83 bits per heavy atom. The van der Waals surface area contributed by atoms with Crippen LogP contribution < -0.4 is 14.4 Å². The molecular formula is C23H27N3O3S. The molecule has 7 heteroatoms. The van der Waals surface area contributed by atoms with Crippen molar-refractivity contribution in [2.24, 2.45) is 0 Å². The van der Waals surface area contributed by atoms with Crippen molar-refractivity contribution in [3.05, 3.63) is 47.5 Å². The van der Waals surface area contributed by atoms with Crippen molar-refractivity contribution < 1.29 is 14.3 Å². The maximum atomic E-state index is 13.1. The highest BCUT2D eigenvalue weighted by Crippen LogP contribution is 2.34. The number of amides is 1. The molecule has 0 atom stereocenters. The van der Waals surface area contributed by atoms with Crippen molar-refractivity contribution >= 4 is 32.6 Å². The van der Waals surface area contributed by atoms with Gasteiger partial charge in [0.1, 0.15) is 11.5 Å². The van der Waals surface area contributed by atoms with Gasteiger partial charge in [-0.3, -0.25) is 4.79 Å². The monoisotopic (exact) mass is 425 g/mol. The summed E-state index contributed by atoms with van der Waals surface area (Å²) >= 11 is 1.73. The van der Waals surface area contributed by atoms with Gasteiger partial charge in [-0.25, -0.2) is 4.98 Å². The number of ether oxygens (including phenoxy) is 2. The molecule has 1 saturated heterocycles. The second-order valence-electron chi connectivity index (χ2n) is 7.69. The predicted octanol–water partition coefficient (Wildman–Crippen LogP) is 4.40. The zero-order chi connectivity index (χ0) is 21.3. The van der Waals surface area contributed by atoms with Crippen molar-refractivity contribution in [1.82, 2.24) is 9.88 Å². The number of piperazine rings is 1. The Labute approximate surface area is 181 Å². The van der Waals surface area contributed by atoms with Crippen LogP contribution in [-0.2, 0) is 0 Å². The molecule has 6 nitrogen and oxygen atoms in total. The van der Waals surface area contributed by atoms with Gasteiger partial charge < -0.3 is 19.3 Å². The lowest BCUT2D eigenvalue weighted by Gasteiger charge is -2.34. The molecule has 2 aromatic carbocycles. The molecule has 0 radical (unpaired) electrons. The largest absolute Gasteiger partial charge is 0.497 e. The van der Waals surface area contributed by atoms with E-state index in [0.717, 1.165) is 23.7 Å². The first-order chi connectivity index (χ1) is 14.5. The average molecular weight is 426 g/mol. The molecule has 1 aromatic heterocycles.